The van der Waals surface area contributed by atoms with Crippen LogP contribution in [0.4, 0.5) is 11.4 Å². The zero-order chi connectivity index (χ0) is 20.8. The van der Waals surface area contributed by atoms with Gasteiger partial charge in [0.05, 0.1) is 24.6 Å². The van der Waals surface area contributed by atoms with Gasteiger partial charge in [-0.3, -0.25) is 24.7 Å². The monoisotopic (exact) mass is 398 g/mol. The lowest BCUT2D eigenvalue weighted by atomic mass is 10.1. The summed E-state index contributed by atoms with van der Waals surface area (Å²) >= 11 is 0. The highest BCUT2D eigenvalue weighted by Crippen LogP contribution is 2.28. The zero-order valence-electron chi connectivity index (χ0n) is 16.8. The second-order valence-electron chi connectivity index (χ2n) is 7.17. The van der Waals surface area contributed by atoms with E-state index in [4.69, 9.17) is 4.74 Å². The highest BCUT2D eigenvalue weighted by atomic mass is 16.6. The van der Waals surface area contributed by atoms with Gasteiger partial charge in [-0.2, -0.15) is 0 Å². The number of rotatable bonds is 7. The number of nitrogens with zero attached hydrogens (tertiary/aromatic N) is 3. The molecule has 1 aliphatic rings. The number of nitro groups is 1. The van der Waals surface area contributed by atoms with E-state index in [1.54, 1.807) is 6.07 Å². The van der Waals surface area contributed by atoms with Crippen molar-refractivity contribution in [3.63, 3.8) is 0 Å². The van der Waals surface area contributed by atoms with Gasteiger partial charge in [-0.15, -0.1) is 0 Å². The average molecular weight is 398 g/mol. The van der Waals surface area contributed by atoms with Crippen molar-refractivity contribution in [2.75, 3.05) is 45.2 Å². The van der Waals surface area contributed by atoms with Crippen LogP contribution < -0.4 is 10.1 Å². The summed E-state index contributed by atoms with van der Waals surface area (Å²) in [7, 11) is 1.44. The number of carbonyl (C=O) groups is 1. The zero-order valence-corrected chi connectivity index (χ0v) is 16.8. The Hall–Kier alpha value is -2.97. The lowest BCUT2D eigenvalue weighted by Gasteiger charge is -2.34. The third kappa shape index (κ3) is 5.52. The summed E-state index contributed by atoms with van der Waals surface area (Å²) in [6.45, 7) is 6.56. The van der Waals surface area contributed by atoms with Crippen LogP contribution in [0.1, 0.15) is 11.1 Å². The minimum atomic E-state index is -0.525. The Kier molecular flexibility index (Phi) is 6.79. The summed E-state index contributed by atoms with van der Waals surface area (Å²) in [6.07, 6.45) is 0. The van der Waals surface area contributed by atoms with Gasteiger partial charge < -0.3 is 10.1 Å². The number of methoxy groups -OCH3 is 1. The van der Waals surface area contributed by atoms with Crippen LogP contribution in [0.25, 0.3) is 0 Å². The van der Waals surface area contributed by atoms with Gasteiger partial charge >= 0.3 is 0 Å². The number of hydrogen-bond donors (Lipinski definition) is 1. The summed E-state index contributed by atoms with van der Waals surface area (Å²) < 4.78 is 5.02. The highest BCUT2D eigenvalue weighted by molar-refractivity contribution is 5.94. The van der Waals surface area contributed by atoms with Crippen molar-refractivity contribution in [1.29, 1.82) is 0 Å². The Morgan fingerprint density at radius 1 is 1.14 bits per heavy atom. The minimum Gasteiger partial charge on any atom is -0.496 e. The number of amides is 1. The fourth-order valence-electron chi connectivity index (χ4n) is 3.42. The molecule has 1 aliphatic heterocycles. The normalized spacial score (nSPS) is 15.1. The third-order valence-corrected chi connectivity index (χ3v) is 5.16. The standard InChI is InChI=1S/C21H26N4O4/c1-16-5-3-4-6-17(16)14-23-9-11-24(12-10-23)15-21(26)22-19-8-7-18(29-2)13-20(19)25(27)28/h3-8,13H,9-12,14-15H2,1-2H3,(H,22,26). The largest absolute Gasteiger partial charge is 0.496 e. The molecular weight excluding hydrogens is 372 g/mol. The molecule has 0 bridgehead atoms. The van der Waals surface area contributed by atoms with Crippen molar-refractivity contribution in [3.05, 3.63) is 63.7 Å². The quantitative estimate of drug-likeness (QED) is 0.570. The molecule has 29 heavy (non-hydrogen) atoms. The number of piperazine rings is 1. The topological polar surface area (TPSA) is 88.0 Å². The first kappa shape index (κ1) is 20.8. The molecule has 0 saturated carbocycles. The van der Waals surface area contributed by atoms with Crippen molar-refractivity contribution >= 4 is 17.3 Å². The van der Waals surface area contributed by atoms with Crippen LogP contribution in [0.3, 0.4) is 0 Å². The molecular formula is C21H26N4O4. The number of nitro benzene ring substituents is 1. The Morgan fingerprint density at radius 3 is 2.48 bits per heavy atom. The van der Waals surface area contributed by atoms with Crippen molar-refractivity contribution in [3.8, 4) is 5.75 Å². The molecule has 0 unspecified atom stereocenters. The molecule has 2 aromatic carbocycles. The lowest BCUT2D eigenvalue weighted by Crippen LogP contribution is -2.48. The predicted molar refractivity (Wildman–Crippen MR) is 111 cm³/mol. The molecule has 1 fully saturated rings. The molecule has 2 aromatic rings. The molecule has 1 saturated heterocycles. The highest BCUT2D eigenvalue weighted by Gasteiger charge is 2.21. The molecule has 8 heteroatoms. The fourth-order valence-corrected chi connectivity index (χ4v) is 3.42. The van der Waals surface area contributed by atoms with E-state index in [2.05, 4.69) is 40.2 Å². The van der Waals surface area contributed by atoms with Crippen LogP contribution >= 0.6 is 0 Å². The van der Waals surface area contributed by atoms with Crippen molar-refractivity contribution < 1.29 is 14.5 Å². The van der Waals surface area contributed by atoms with Gasteiger partial charge in [-0.05, 0) is 30.2 Å². The minimum absolute atomic E-state index is 0.180. The van der Waals surface area contributed by atoms with E-state index in [0.29, 0.717) is 5.75 Å². The average Bonchev–Trinajstić information content (AvgIpc) is 2.71. The number of ether oxygens (including phenoxy) is 1. The number of carbonyl (C=O) groups excluding carboxylic acids is 1. The molecule has 0 radical (unpaired) electrons. The molecule has 0 aromatic heterocycles. The third-order valence-electron chi connectivity index (χ3n) is 5.16. The van der Waals surface area contributed by atoms with Crippen molar-refractivity contribution in [2.45, 2.75) is 13.5 Å². The molecule has 8 nitrogen and oxygen atoms in total. The fraction of sp³-hybridized carbons (Fsp3) is 0.381. The van der Waals surface area contributed by atoms with Gasteiger partial charge in [0.1, 0.15) is 11.4 Å². The lowest BCUT2D eigenvalue weighted by molar-refractivity contribution is -0.384. The van der Waals surface area contributed by atoms with E-state index < -0.39 is 4.92 Å². The van der Waals surface area contributed by atoms with E-state index in [0.717, 1.165) is 32.7 Å². The SMILES string of the molecule is COc1ccc(NC(=O)CN2CCN(Cc3ccccc3C)CC2)c([N+](=O)[O-])c1. The van der Waals surface area contributed by atoms with Crippen LogP contribution in [0.15, 0.2) is 42.5 Å². The molecule has 0 atom stereocenters. The smallest absolute Gasteiger partial charge is 0.296 e. The molecule has 1 N–H and O–H groups in total. The van der Waals surface area contributed by atoms with E-state index >= 15 is 0 Å². The Bertz CT molecular complexity index is 879. The van der Waals surface area contributed by atoms with E-state index in [9.17, 15) is 14.9 Å². The first-order valence-corrected chi connectivity index (χ1v) is 9.58. The van der Waals surface area contributed by atoms with Crippen LogP contribution in [0.2, 0.25) is 0 Å². The summed E-state index contributed by atoms with van der Waals surface area (Å²) in [5.41, 5.74) is 2.61. The Balaban J connectivity index is 1.51. The van der Waals surface area contributed by atoms with E-state index in [-0.39, 0.29) is 23.8 Å². The van der Waals surface area contributed by atoms with Gasteiger partial charge in [-0.1, -0.05) is 24.3 Å². The number of anilines is 1. The van der Waals surface area contributed by atoms with Crippen LogP contribution in [-0.2, 0) is 11.3 Å². The summed E-state index contributed by atoms with van der Waals surface area (Å²) in [4.78, 5) is 27.6. The Labute approximate surface area is 170 Å². The number of nitrogens with one attached hydrogen (secondary N) is 1. The van der Waals surface area contributed by atoms with Gasteiger partial charge in [0, 0.05) is 32.7 Å². The first-order valence-electron chi connectivity index (χ1n) is 9.58. The van der Waals surface area contributed by atoms with Gasteiger partial charge in [-0.25, -0.2) is 0 Å². The predicted octanol–water partition coefficient (Wildman–Crippen LogP) is 2.67. The maximum Gasteiger partial charge on any atom is 0.296 e. The second-order valence-corrected chi connectivity index (χ2v) is 7.17. The number of hydrogen-bond acceptors (Lipinski definition) is 6. The maximum absolute atomic E-state index is 12.4. The summed E-state index contributed by atoms with van der Waals surface area (Å²) in [6, 6.07) is 12.8. The molecule has 154 valence electrons. The van der Waals surface area contributed by atoms with Gasteiger partial charge in [0.15, 0.2) is 0 Å². The van der Waals surface area contributed by atoms with Crippen LogP contribution in [0.5, 0.6) is 5.75 Å². The van der Waals surface area contributed by atoms with Crippen molar-refractivity contribution in [2.24, 2.45) is 0 Å². The maximum atomic E-state index is 12.4. The molecule has 1 heterocycles. The van der Waals surface area contributed by atoms with Crippen molar-refractivity contribution in [1.82, 2.24) is 9.80 Å². The molecule has 0 aliphatic carbocycles. The van der Waals surface area contributed by atoms with Gasteiger partial charge in [0.2, 0.25) is 5.91 Å². The first-order chi connectivity index (χ1) is 14.0. The molecule has 0 spiro atoms. The van der Waals surface area contributed by atoms with E-state index in [1.165, 1.54) is 30.4 Å². The number of aryl methyl sites for hydroxylation is 1. The van der Waals surface area contributed by atoms with E-state index in [1.807, 2.05) is 6.07 Å². The van der Waals surface area contributed by atoms with Crippen LogP contribution in [0, 0.1) is 17.0 Å². The number of benzene rings is 2. The second kappa shape index (κ2) is 9.49. The van der Waals surface area contributed by atoms with Crippen LogP contribution in [-0.4, -0.2) is 60.5 Å². The Morgan fingerprint density at radius 2 is 1.83 bits per heavy atom. The van der Waals surface area contributed by atoms with Gasteiger partial charge in [0.25, 0.3) is 5.69 Å². The molecule has 3 rings (SSSR count). The summed E-state index contributed by atoms with van der Waals surface area (Å²) in [5.74, 6) is 0.116. The summed E-state index contributed by atoms with van der Waals surface area (Å²) in [5, 5.41) is 13.9. The molecule has 1 amide bonds.